The number of rotatable bonds is 6. The van der Waals surface area contributed by atoms with Gasteiger partial charge in [0.25, 0.3) is 0 Å². The summed E-state index contributed by atoms with van der Waals surface area (Å²) in [6, 6.07) is 0. The third-order valence-corrected chi connectivity index (χ3v) is 1.83. The van der Waals surface area contributed by atoms with Gasteiger partial charge in [0.1, 0.15) is 0 Å². The van der Waals surface area contributed by atoms with Crippen LogP contribution >= 0.6 is 0 Å². The highest BCUT2D eigenvalue weighted by Gasteiger charge is 2.11. The van der Waals surface area contributed by atoms with Crippen molar-refractivity contribution in [2.24, 2.45) is 11.8 Å². The van der Waals surface area contributed by atoms with Gasteiger partial charge in [-0.15, -0.1) is 0 Å². The van der Waals surface area contributed by atoms with Crippen LogP contribution in [0.2, 0.25) is 0 Å². The van der Waals surface area contributed by atoms with Crippen LogP contribution in [0.15, 0.2) is 0 Å². The van der Waals surface area contributed by atoms with E-state index in [1.54, 1.807) is 0 Å². The van der Waals surface area contributed by atoms with E-state index >= 15 is 0 Å². The first-order valence-corrected chi connectivity index (χ1v) is 5.06. The topological polar surface area (TPSA) is 41.1 Å². The van der Waals surface area contributed by atoms with Crippen LogP contribution in [0.4, 0.5) is 0 Å². The second-order valence-corrected chi connectivity index (χ2v) is 3.85. The molecular formula is C10H22N2O. The van der Waals surface area contributed by atoms with Gasteiger partial charge < -0.3 is 10.6 Å². The van der Waals surface area contributed by atoms with Gasteiger partial charge in [-0.25, -0.2) is 0 Å². The van der Waals surface area contributed by atoms with Gasteiger partial charge in [0, 0.05) is 19.0 Å². The predicted molar refractivity (Wildman–Crippen MR) is 55.6 cm³/mol. The number of carbonyl (C=O) groups is 1. The van der Waals surface area contributed by atoms with Gasteiger partial charge in [0.05, 0.1) is 0 Å². The van der Waals surface area contributed by atoms with Crippen molar-refractivity contribution in [1.82, 2.24) is 10.6 Å². The first-order valence-electron chi connectivity index (χ1n) is 5.06. The van der Waals surface area contributed by atoms with Crippen molar-refractivity contribution in [3.8, 4) is 0 Å². The molecule has 0 spiro atoms. The van der Waals surface area contributed by atoms with E-state index in [0.717, 1.165) is 19.6 Å². The molecule has 0 aliphatic rings. The van der Waals surface area contributed by atoms with Gasteiger partial charge >= 0.3 is 0 Å². The Labute approximate surface area is 81.3 Å². The van der Waals surface area contributed by atoms with Crippen LogP contribution in [0, 0.1) is 11.8 Å². The Bertz CT molecular complexity index is 146. The van der Waals surface area contributed by atoms with Gasteiger partial charge in [0.2, 0.25) is 5.91 Å². The van der Waals surface area contributed by atoms with Gasteiger partial charge in [-0.1, -0.05) is 27.7 Å². The van der Waals surface area contributed by atoms with Crippen LogP contribution in [-0.2, 0) is 4.79 Å². The molecule has 0 bridgehead atoms. The minimum Gasteiger partial charge on any atom is -0.356 e. The highest BCUT2D eigenvalue weighted by atomic mass is 16.1. The van der Waals surface area contributed by atoms with Crippen molar-refractivity contribution < 1.29 is 4.79 Å². The largest absolute Gasteiger partial charge is 0.356 e. The Hall–Kier alpha value is -0.570. The molecule has 0 aliphatic carbocycles. The molecule has 0 radical (unpaired) electrons. The van der Waals surface area contributed by atoms with Crippen LogP contribution in [0.1, 0.15) is 27.7 Å². The normalized spacial score (nSPS) is 13.0. The summed E-state index contributed by atoms with van der Waals surface area (Å²) in [6.45, 7) is 10.6. The quantitative estimate of drug-likeness (QED) is 0.650. The van der Waals surface area contributed by atoms with Crippen molar-refractivity contribution in [2.45, 2.75) is 27.7 Å². The Morgan fingerprint density at radius 3 is 2.31 bits per heavy atom. The standard InChI is InChI=1S/C10H22N2O/c1-5-11-7-9(4)10(13)12-6-8(2)3/h8-9,11H,5-7H2,1-4H3,(H,12,13). The Balaban J connectivity index is 3.57. The molecule has 3 nitrogen and oxygen atoms in total. The lowest BCUT2D eigenvalue weighted by molar-refractivity contribution is -0.124. The Morgan fingerprint density at radius 1 is 1.23 bits per heavy atom. The Kier molecular flexibility index (Phi) is 6.59. The summed E-state index contributed by atoms with van der Waals surface area (Å²) in [7, 11) is 0. The molecule has 0 heterocycles. The zero-order valence-electron chi connectivity index (χ0n) is 9.18. The van der Waals surface area contributed by atoms with Crippen molar-refractivity contribution in [3.63, 3.8) is 0 Å². The second-order valence-electron chi connectivity index (χ2n) is 3.85. The lowest BCUT2D eigenvalue weighted by Gasteiger charge is -2.13. The highest BCUT2D eigenvalue weighted by Crippen LogP contribution is 1.94. The van der Waals surface area contributed by atoms with Crippen LogP contribution < -0.4 is 10.6 Å². The van der Waals surface area contributed by atoms with Gasteiger partial charge in [-0.05, 0) is 12.5 Å². The predicted octanol–water partition coefficient (Wildman–Crippen LogP) is 1.00. The zero-order valence-corrected chi connectivity index (χ0v) is 9.18. The molecule has 0 aromatic heterocycles. The molecule has 2 N–H and O–H groups in total. The summed E-state index contributed by atoms with van der Waals surface area (Å²) in [5.74, 6) is 0.739. The molecule has 0 fully saturated rings. The molecule has 1 unspecified atom stereocenters. The van der Waals surface area contributed by atoms with Gasteiger partial charge in [-0.3, -0.25) is 4.79 Å². The van der Waals surface area contributed by atoms with Crippen LogP contribution in [-0.4, -0.2) is 25.5 Å². The second kappa shape index (κ2) is 6.89. The average Bonchev–Trinajstić information content (AvgIpc) is 2.10. The molecule has 0 rings (SSSR count). The molecule has 0 aromatic carbocycles. The summed E-state index contributed by atoms with van der Waals surface area (Å²) in [5.41, 5.74) is 0. The number of hydrogen-bond acceptors (Lipinski definition) is 2. The van der Waals surface area contributed by atoms with Crippen LogP contribution in [0.25, 0.3) is 0 Å². The summed E-state index contributed by atoms with van der Waals surface area (Å²) >= 11 is 0. The molecule has 0 aliphatic heterocycles. The average molecular weight is 186 g/mol. The maximum atomic E-state index is 11.4. The number of carbonyl (C=O) groups excluding carboxylic acids is 1. The molecule has 3 heteroatoms. The summed E-state index contributed by atoms with van der Waals surface area (Å²) in [5, 5.41) is 6.07. The minimum atomic E-state index is 0.0682. The fraction of sp³-hybridized carbons (Fsp3) is 0.900. The first-order chi connectivity index (χ1) is 6.07. The molecule has 1 atom stereocenters. The van der Waals surface area contributed by atoms with Gasteiger partial charge in [-0.2, -0.15) is 0 Å². The first kappa shape index (κ1) is 12.4. The summed E-state index contributed by atoms with van der Waals surface area (Å²) < 4.78 is 0. The minimum absolute atomic E-state index is 0.0682. The number of hydrogen-bond donors (Lipinski definition) is 2. The zero-order chi connectivity index (χ0) is 10.3. The van der Waals surface area contributed by atoms with Gasteiger partial charge in [0.15, 0.2) is 0 Å². The van der Waals surface area contributed by atoms with E-state index in [0.29, 0.717) is 5.92 Å². The molecule has 0 saturated heterocycles. The monoisotopic (exact) mass is 186 g/mol. The summed E-state index contributed by atoms with van der Waals surface area (Å²) in [4.78, 5) is 11.4. The molecule has 13 heavy (non-hydrogen) atoms. The van der Waals surface area contributed by atoms with Crippen molar-refractivity contribution >= 4 is 5.91 Å². The summed E-state index contributed by atoms with van der Waals surface area (Å²) in [6.07, 6.45) is 0. The van der Waals surface area contributed by atoms with Crippen molar-refractivity contribution in [3.05, 3.63) is 0 Å². The maximum absolute atomic E-state index is 11.4. The molecular weight excluding hydrogens is 164 g/mol. The van der Waals surface area contributed by atoms with E-state index in [2.05, 4.69) is 24.5 Å². The fourth-order valence-electron chi connectivity index (χ4n) is 0.932. The van der Waals surface area contributed by atoms with E-state index in [1.807, 2.05) is 13.8 Å². The lowest BCUT2D eigenvalue weighted by atomic mass is 10.1. The lowest BCUT2D eigenvalue weighted by Crippen LogP contribution is -2.36. The fourth-order valence-corrected chi connectivity index (χ4v) is 0.932. The SMILES string of the molecule is CCNCC(C)C(=O)NCC(C)C. The maximum Gasteiger partial charge on any atom is 0.224 e. The molecule has 0 saturated carbocycles. The molecule has 78 valence electrons. The van der Waals surface area contributed by atoms with Crippen molar-refractivity contribution in [1.29, 1.82) is 0 Å². The number of amides is 1. The molecule has 0 aromatic rings. The Morgan fingerprint density at radius 2 is 1.85 bits per heavy atom. The van der Waals surface area contributed by atoms with E-state index in [-0.39, 0.29) is 11.8 Å². The molecule has 1 amide bonds. The van der Waals surface area contributed by atoms with E-state index in [4.69, 9.17) is 0 Å². The van der Waals surface area contributed by atoms with Crippen LogP contribution in [0.3, 0.4) is 0 Å². The van der Waals surface area contributed by atoms with E-state index in [1.165, 1.54) is 0 Å². The van der Waals surface area contributed by atoms with Crippen LogP contribution in [0.5, 0.6) is 0 Å². The third kappa shape index (κ3) is 6.58. The highest BCUT2D eigenvalue weighted by molar-refractivity contribution is 5.78. The van der Waals surface area contributed by atoms with E-state index < -0.39 is 0 Å². The van der Waals surface area contributed by atoms with E-state index in [9.17, 15) is 4.79 Å². The number of nitrogens with one attached hydrogen (secondary N) is 2. The smallest absolute Gasteiger partial charge is 0.224 e. The van der Waals surface area contributed by atoms with Crippen molar-refractivity contribution in [2.75, 3.05) is 19.6 Å². The third-order valence-electron chi connectivity index (χ3n) is 1.83.